The molecule has 0 bridgehead atoms. The van der Waals surface area contributed by atoms with Gasteiger partial charge in [-0.1, -0.05) is 6.92 Å². The Morgan fingerprint density at radius 1 is 1.78 bits per heavy atom. The van der Waals surface area contributed by atoms with Gasteiger partial charge in [0.2, 0.25) is 0 Å². The van der Waals surface area contributed by atoms with Crippen molar-refractivity contribution in [1.82, 2.24) is 0 Å². The summed E-state index contributed by atoms with van der Waals surface area (Å²) in [6.45, 7) is 3.68. The van der Waals surface area contributed by atoms with Crippen LogP contribution in [-0.2, 0) is 9.53 Å². The lowest BCUT2D eigenvalue weighted by molar-refractivity contribution is -0.152. The number of ether oxygens (including phenoxy) is 1. The first-order valence-electron chi connectivity index (χ1n) is 3.03. The minimum absolute atomic E-state index is 0.393. The third kappa shape index (κ3) is 3.97. The predicted octanol–water partition coefficient (Wildman–Crippen LogP) is 0.320. The molecule has 0 aromatic rings. The van der Waals surface area contributed by atoms with E-state index in [-0.39, 0.29) is 0 Å². The van der Waals surface area contributed by atoms with Crippen molar-refractivity contribution in [2.24, 2.45) is 0 Å². The van der Waals surface area contributed by atoms with E-state index in [1.54, 1.807) is 0 Å². The van der Waals surface area contributed by atoms with Crippen LogP contribution in [0, 0.1) is 0 Å². The maximum atomic E-state index is 10.4. The molecule has 9 heavy (non-hydrogen) atoms. The van der Waals surface area contributed by atoms with Crippen LogP contribution in [0.2, 0.25) is 0 Å². The van der Waals surface area contributed by atoms with Gasteiger partial charge in [-0.25, -0.2) is 4.79 Å². The highest BCUT2D eigenvalue weighted by molar-refractivity contribution is 5.73. The lowest BCUT2D eigenvalue weighted by Crippen LogP contribution is -2.19. The highest BCUT2D eigenvalue weighted by atomic mass is 16.5. The van der Waals surface area contributed by atoms with Gasteiger partial charge in [0.25, 0.3) is 0 Å². The number of esters is 1. The topological polar surface area (TPSA) is 46.5 Å². The fourth-order valence-electron chi connectivity index (χ4n) is 0.323. The molecule has 0 saturated carbocycles. The third-order valence-electron chi connectivity index (χ3n) is 0.790. The monoisotopic (exact) mass is 132 g/mol. The number of hydrogen-bond acceptors (Lipinski definition) is 3. The van der Waals surface area contributed by atoms with Crippen LogP contribution >= 0.6 is 0 Å². The van der Waals surface area contributed by atoms with Crippen LogP contribution in [0.5, 0.6) is 0 Å². The van der Waals surface area contributed by atoms with E-state index in [0.717, 1.165) is 6.42 Å². The first kappa shape index (κ1) is 8.43. The molecule has 3 nitrogen and oxygen atoms in total. The molecule has 0 spiro atoms. The molecule has 0 saturated heterocycles. The fourth-order valence-corrected chi connectivity index (χ4v) is 0.323. The maximum absolute atomic E-state index is 10.4. The number of hydrogen-bond donors (Lipinski definition) is 1. The van der Waals surface area contributed by atoms with Crippen molar-refractivity contribution in [3.63, 3.8) is 0 Å². The van der Waals surface area contributed by atoms with Crippen molar-refractivity contribution in [3.8, 4) is 0 Å². The summed E-state index contributed by atoms with van der Waals surface area (Å²) in [4.78, 5) is 10.4. The second-order valence-corrected chi connectivity index (χ2v) is 1.84. The van der Waals surface area contributed by atoms with Crippen LogP contribution in [0.3, 0.4) is 0 Å². The van der Waals surface area contributed by atoms with Crippen molar-refractivity contribution < 1.29 is 14.6 Å². The zero-order valence-electron chi connectivity index (χ0n) is 5.76. The standard InChI is InChI=1S/C6H12O3/c1-3-4-9-6(8)5(2)7/h5,7H,3-4H2,1-2H3/t5-/m1/s1. The van der Waals surface area contributed by atoms with Gasteiger partial charge in [0.05, 0.1) is 6.61 Å². The first-order chi connectivity index (χ1) is 4.18. The maximum Gasteiger partial charge on any atom is 0.334 e. The molecule has 0 rings (SSSR count). The molecule has 0 heterocycles. The van der Waals surface area contributed by atoms with Gasteiger partial charge in [0.1, 0.15) is 6.10 Å². The Bertz CT molecular complexity index is 88.3. The van der Waals surface area contributed by atoms with E-state index in [0.29, 0.717) is 6.61 Å². The Balaban J connectivity index is 3.28. The van der Waals surface area contributed by atoms with E-state index < -0.39 is 12.1 Å². The van der Waals surface area contributed by atoms with E-state index >= 15 is 0 Å². The number of carbonyl (C=O) groups is 1. The van der Waals surface area contributed by atoms with E-state index in [2.05, 4.69) is 4.74 Å². The summed E-state index contributed by atoms with van der Waals surface area (Å²) in [5, 5.41) is 8.57. The molecule has 0 aromatic carbocycles. The average molecular weight is 132 g/mol. The van der Waals surface area contributed by atoms with Crippen LogP contribution < -0.4 is 0 Å². The van der Waals surface area contributed by atoms with Crippen LogP contribution in [0.15, 0.2) is 0 Å². The molecule has 0 aliphatic heterocycles. The highest BCUT2D eigenvalue weighted by Crippen LogP contribution is 1.87. The van der Waals surface area contributed by atoms with Gasteiger partial charge in [0.15, 0.2) is 0 Å². The van der Waals surface area contributed by atoms with Crippen molar-refractivity contribution in [1.29, 1.82) is 0 Å². The molecule has 0 unspecified atom stereocenters. The van der Waals surface area contributed by atoms with Gasteiger partial charge in [-0.3, -0.25) is 0 Å². The molecule has 0 aliphatic carbocycles. The van der Waals surface area contributed by atoms with Gasteiger partial charge < -0.3 is 9.84 Å². The van der Waals surface area contributed by atoms with Gasteiger partial charge in [-0.15, -0.1) is 0 Å². The summed E-state index contributed by atoms with van der Waals surface area (Å²) in [6, 6.07) is 0. The van der Waals surface area contributed by atoms with Crippen molar-refractivity contribution in [2.45, 2.75) is 26.4 Å². The van der Waals surface area contributed by atoms with E-state index in [9.17, 15) is 4.79 Å². The largest absolute Gasteiger partial charge is 0.464 e. The SMILES string of the molecule is CCCOC(=O)[C@@H](C)O. The van der Waals surface area contributed by atoms with Gasteiger partial charge in [-0.2, -0.15) is 0 Å². The molecular weight excluding hydrogens is 120 g/mol. The molecule has 0 amide bonds. The highest BCUT2D eigenvalue weighted by Gasteiger charge is 2.07. The zero-order valence-corrected chi connectivity index (χ0v) is 5.76. The van der Waals surface area contributed by atoms with Crippen LogP contribution in [0.4, 0.5) is 0 Å². The van der Waals surface area contributed by atoms with Crippen LogP contribution in [0.25, 0.3) is 0 Å². The molecule has 54 valence electrons. The van der Waals surface area contributed by atoms with Gasteiger partial charge in [0, 0.05) is 0 Å². The van der Waals surface area contributed by atoms with E-state index in [1.807, 2.05) is 6.92 Å². The van der Waals surface area contributed by atoms with Crippen LogP contribution in [-0.4, -0.2) is 23.8 Å². The lowest BCUT2D eigenvalue weighted by Gasteiger charge is -2.03. The molecule has 0 radical (unpaired) electrons. The Kier molecular flexibility index (Phi) is 4.05. The first-order valence-corrected chi connectivity index (χ1v) is 3.03. The van der Waals surface area contributed by atoms with E-state index in [1.165, 1.54) is 6.92 Å². The quantitative estimate of drug-likeness (QED) is 0.562. The molecule has 1 atom stereocenters. The number of aliphatic hydroxyl groups is 1. The molecule has 0 aliphatic rings. The lowest BCUT2D eigenvalue weighted by atomic mass is 10.4. The molecule has 3 heteroatoms. The average Bonchev–Trinajstić information content (AvgIpc) is 1.82. The molecular formula is C6H12O3. The predicted molar refractivity (Wildman–Crippen MR) is 32.9 cm³/mol. The molecule has 1 N–H and O–H groups in total. The Hall–Kier alpha value is -0.570. The summed E-state index contributed by atoms with van der Waals surface area (Å²) >= 11 is 0. The summed E-state index contributed by atoms with van der Waals surface area (Å²) in [6.07, 6.45) is -0.199. The van der Waals surface area contributed by atoms with E-state index in [4.69, 9.17) is 5.11 Å². The molecule has 0 fully saturated rings. The fraction of sp³-hybridized carbons (Fsp3) is 0.833. The minimum atomic E-state index is -0.989. The van der Waals surface area contributed by atoms with Crippen molar-refractivity contribution >= 4 is 5.97 Å². The van der Waals surface area contributed by atoms with Gasteiger partial charge >= 0.3 is 5.97 Å². The Labute approximate surface area is 54.6 Å². The summed E-state index contributed by atoms with van der Waals surface area (Å²) < 4.78 is 4.56. The normalized spacial score (nSPS) is 12.8. The number of carbonyl (C=O) groups excluding carboxylic acids is 1. The second-order valence-electron chi connectivity index (χ2n) is 1.84. The Morgan fingerprint density at radius 3 is 2.67 bits per heavy atom. The third-order valence-corrected chi connectivity index (χ3v) is 0.790. The minimum Gasteiger partial charge on any atom is -0.464 e. The summed E-state index contributed by atoms with van der Waals surface area (Å²) in [5.74, 6) is -0.545. The number of aliphatic hydroxyl groups excluding tert-OH is 1. The molecule has 0 aromatic heterocycles. The van der Waals surface area contributed by atoms with Crippen LogP contribution in [0.1, 0.15) is 20.3 Å². The van der Waals surface area contributed by atoms with Crippen molar-refractivity contribution in [2.75, 3.05) is 6.61 Å². The summed E-state index contributed by atoms with van der Waals surface area (Å²) in [5.41, 5.74) is 0. The smallest absolute Gasteiger partial charge is 0.334 e. The second kappa shape index (κ2) is 4.32. The van der Waals surface area contributed by atoms with Crippen molar-refractivity contribution in [3.05, 3.63) is 0 Å². The zero-order chi connectivity index (χ0) is 7.28. The summed E-state index contributed by atoms with van der Waals surface area (Å²) in [7, 11) is 0. The number of rotatable bonds is 3. The Morgan fingerprint density at radius 2 is 2.33 bits per heavy atom. The van der Waals surface area contributed by atoms with Gasteiger partial charge in [-0.05, 0) is 13.3 Å².